The number of aromatic nitrogens is 2. The van der Waals surface area contributed by atoms with Gasteiger partial charge in [0.2, 0.25) is 0 Å². The topological polar surface area (TPSA) is 58.1 Å². The van der Waals surface area contributed by atoms with E-state index in [-0.39, 0.29) is 11.5 Å². The summed E-state index contributed by atoms with van der Waals surface area (Å²) >= 11 is 5.23. The summed E-state index contributed by atoms with van der Waals surface area (Å²) in [7, 11) is 0. The molecule has 2 heterocycles. The lowest BCUT2D eigenvalue weighted by molar-refractivity contribution is 0.0724. The number of piperidine rings is 1. The Morgan fingerprint density at radius 2 is 2.04 bits per heavy atom. The highest BCUT2D eigenvalue weighted by Gasteiger charge is 2.18. The Hall–Kier alpha value is -2.21. The summed E-state index contributed by atoms with van der Waals surface area (Å²) in [5, 5.41) is 0.524. The van der Waals surface area contributed by atoms with E-state index < -0.39 is 0 Å². The Balaban J connectivity index is 2.04. The number of H-pyrrole nitrogens is 1. The number of nitrogens with one attached hydrogen (secondary N) is 1. The van der Waals surface area contributed by atoms with Crippen molar-refractivity contribution in [3.05, 3.63) is 51.5 Å². The minimum absolute atomic E-state index is 0.0150. The van der Waals surface area contributed by atoms with Gasteiger partial charge >= 0.3 is 0 Å². The normalized spacial score (nSPS) is 14.9. The van der Waals surface area contributed by atoms with Gasteiger partial charge in [-0.15, -0.1) is 6.58 Å². The number of carbonyl (C=O) groups excluding carboxylic acids is 1. The van der Waals surface area contributed by atoms with E-state index in [0.717, 1.165) is 25.9 Å². The van der Waals surface area contributed by atoms with Crippen molar-refractivity contribution in [1.82, 2.24) is 14.5 Å². The molecule has 1 fully saturated rings. The Morgan fingerprint density at radius 3 is 2.74 bits per heavy atom. The molecule has 0 radical (unpaired) electrons. The molecule has 1 aliphatic rings. The number of rotatable bonds is 3. The van der Waals surface area contributed by atoms with Crippen LogP contribution in [-0.4, -0.2) is 33.4 Å². The van der Waals surface area contributed by atoms with Gasteiger partial charge in [-0.1, -0.05) is 6.08 Å². The Labute approximate surface area is 139 Å². The fourth-order valence-corrected chi connectivity index (χ4v) is 3.23. The van der Waals surface area contributed by atoms with Crippen LogP contribution in [0.5, 0.6) is 0 Å². The Kier molecular flexibility index (Phi) is 4.43. The highest BCUT2D eigenvalue weighted by molar-refractivity contribution is 7.71. The van der Waals surface area contributed by atoms with E-state index in [1.165, 1.54) is 11.0 Å². The first-order valence-electron chi connectivity index (χ1n) is 7.79. The number of aromatic amines is 1. The highest BCUT2D eigenvalue weighted by atomic mass is 32.1. The van der Waals surface area contributed by atoms with Gasteiger partial charge in [-0.2, -0.15) is 0 Å². The summed E-state index contributed by atoms with van der Waals surface area (Å²) in [6, 6.07) is 5.14. The summed E-state index contributed by atoms with van der Waals surface area (Å²) in [5.41, 5.74) is 1.02. The molecule has 0 unspecified atom stereocenters. The first-order valence-corrected chi connectivity index (χ1v) is 8.19. The van der Waals surface area contributed by atoms with Gasteiger partial charge < -0.3 is 9.88 Å². The first kappa shape index (κ1) is 15.7. The summed E-state index contributed by atoms with van der Waals surface area (Å²) in [4.78, 5) is 29.9. The van der Waals surface area contributed by atoms with E-state index in [0.29, 0.717) is 27.8 Å². The van der Waals surface area contributed by atoms with Crippen LogP contribution in [0.3, 0.4) is 0 Å². The fraction of sp³-hybridized carbons (Fsp3) is 0.353. The molecule has 1 N–H and O–H groups in total. The van der Waals surface area contributed by atoms with Gasteiger partial charge in [0, 0.05) is 25.2 Å². The van der Waals surface area contributed by atoms with Crippen LogP contribution in [-0.2, 0) is 6.54 Å². The van der Waals surface area contributed by atoms with Crippen molar-refractivity contribution in [2.24, 2.45) is 0 Å². The van der Waals surface area contributed by atoms with Crippen LogP contribution in [0.1, 0.15) is 29.6 Å². The molecular weight excluding hydrogens is 310 g/mol. The zero-order valence-corrected chi connectivity index (χ0v) is 13.7. The SMILES string of the molecule is C=CCn1c(=S)[nH]c2cc(C(=O)N3CCCCC3)ccc2c1=O. The predicted molar refractivity (Wildman–Crippen MR) is 93.3 cm³/mol. The van der Waals surface area contributed by atoms with Crippen molar-refractivity contribution >= 4 is 29.0 Å². The van der Waals surface area contributed by atoms with Crippen molar-refractivity contribution in [1.29, 1.82) is 0 Å². The number of hydrogen-bond acceptors (Lipinski definition) is 3. The molecule has 1 aliphatic heterocycles. The van der Waals surface area contributed by atoms with Gasteiger partial charge in [-0.3, -0.25) is 14.2 Å². The second kappa shape index (κ2) is 6.50. The maximum absolute atomic E-state index is 12.6. The van der Waals surface area contributed by atoms with Crippen LogP contribution >= 0.6 is 12.2 Å². The molecule has 0 spiro atoms. The summed E-state index contributed by atoms with van der Waals surface area (Å²) in [5.74, 6) is 0.0150. The third-order valence-corrected chi connectivity index (χ3v) is 4.51. The van der Waals surface area contributed by atoms with Crippen molar-refractivity contribution in [3.63, 3.8) is 0 Å². The highest BCUT2D eigenvalue weighted by Crippen LogP contribution is 2.16. The van der Waals surface area contributed by atoms with Gasteiger partial charge in [0.05, 0.1) is 10.9 Å². The van der Waals surface area contributed by atoms with E-state index in [4.69, 9.17) is 12.2 Å². The van der Waals surface area contributed by atoms with Crippen LogP contribution in [0.4, 0.5) is 0 Å². The van der Waals surface area contributed by atoms with Gasteiger partial charge in [-0.25, -0.2) is 0 Å². The summed E-state index contributed by atoms with van der Waals surface area (Å²) < 4.78 is 1.79. The summed E-state index contributed by atoms with van der Waals surface area (Å²) in [6.45, 7) is 5.60. The number of allylic oxidation sites excluding steroid dienone is 1. The van der Waals surface area contributed by atoms with Crippen LogP contribution in [0.15, 0.2) is 35.6 Å². The van der Waals surface area contributed by atoms with Crippen LogP contribution in [0.25, 0.3) is 10.9 Å². The number of fused-ring (bicyclic) bond motifs is 1. The number of benzene rings is 1. The second-order valence-electron chi connectivity index (χ2n) is 5.75. The largest absolute Gasteiger partial charge is 0.339 e. The molecule has 0 saturated carbocycles. The minimum atomic E-state index is -0.166. The lowest BCUT2D eigenvalue weighted by atomic mass is 10.1. The monoisotopic (exact) mass is 329 g/mol. The van der Waals surface area contributed by atoms with Crippen molar-refractivity contribution in [3.8, 4) is 0 Å². The zero-order valence-electron chi connectivity index (χ0n) is 12.9. The number of likely N-dealkylation sites (tertiary alicyclic amines) is 1. The van der Waals surface area contributed by atoms with Crippen molar-refractivity contribution in [2.75, 3.05) is 13.1 Å². The predicted octanol–water partition coefficient (Wildman–Crippen LogP) is 2.87. The molecule has 5 nitrogen and oxygen atoms in total. The van der Waals surface area contributed by atoms with Crippen LogP contribution < -0.4 is 5.56 Å². The van der Waals surface area contributed by atoms with Crippen LogP contribution in [0.2, 0.25) is 0 Å². The zero-order chi connectivity index (χ0) is 16.4. The minimum Gasteiger partial charge on any atom is -0.339 e. The quantitative estimate of drug-likeness (QED) is 0.696. The molecule has 6 heteroatoms. The third kappa shape index (κ3) is 2.99. The second-order valence-corrected chi connectivity index (χ2v) is 6.13. The fourth-order valence-electron chi connectivity index (χ4n) is 2.96. The van der Waals surface area contributed by atoms with Crippen molar-refractivity contribution < 1.29 is 4.79 Å². The van der Waals surface area contributed by atoms with Gasteiger partial charge in [0.25, 0.3) is 11.5 Å². The smallest absolute Gasteiger partial charge is 0.262 e. The maximum atomic E-state index is 12.6. The molecule has 0 aliphatic carbocycles. The number of amides is 1. The average molecular weight is 329 g/mol. The third-order valence-electron chi connectivity index (χ3n) is 4.18. The molecule has 3 rings (SSSR count). The molecule has 1 amide bonds. The van der Waals surface area contributed by atoms with E-state index >= 15 is 0 Å². The lowest BCUT2D eigenvalue weighted by Gasteiger charge is -2.26. The van der Waals surface area contributed by atoms with Gasteiger partial charge in [0.15, 0.2) is 4.77 Å². The maximum Gasteiger partial charge on any atom is 0.262 e. The van der Waals surface area contributed by atoms with Gasteiger partial charge in [-0.05, 0) is 49.7 Å². The van der Waals surface area contributed by atoms with Crippen LogP contribution in [0, 0.1) is 4.77 Å². The molecule has 120 valence electrons. The molecule has 0 bridgehead atoms. The van der Waals surface area contributed by atoms with E-state index in [1.54, 1.807) is 24.3 Å². The van der Waals surface area contributed by atoms with Gasteiger partial charge in [0.1, 0.15) is 0 Å². The number of nitrogens with zero attached hydrogens (tertiary/aromatic N) is 2. The number of carbonyl (C=O) groups is 1. The molecule has 23 heavy (non-hydrogen) atoms. The lowest BCUT2D eigenvalue weighted by Crippen LogP contribution is -2.35. The standard InChI is InChI=1S/C17H19N3O2S/c1-2-8-20-16(22)13-7-6-12(11-14(13)18-17(20)23)15(21)19-9-4-3-5-10-19/h2,6-7,11H,1,3-5,8-10H2,(H,18,23). The summed E-state index contributed by atoms with van der Waals surface area (Å²) in [6.07, 6.45) is 4.91. The molecule has 1 aromatic heterocycles. The first-order chi connectivity index (χ1) is 11.1. The molecule has 1 aromatic carbocycles. The molecular formula is C17H19N3O2S. The average Bonchev–Trinajstić information content (AvgIpc) is 2.58. The molecule has 0 atom stereocenters. The number of hydrogen-bond donors (Lipinski definition) is 1. The Bertz CT molecular complexity index is 876. The van der Waals surface area contributed by atoms with Crippen molar-refractivity contribution in [2.45, 2.75) is 25.8 Å². The van der Waals surface area contributed by atoms with E-state index in [2.05, 4.69) is 11.6 Å². The van der Waals surface area contributed by atoms with E-state index in [9.17, 15) is 9.59 Å². The Morgan fingerprint density at radius 1 is 1.30 bits per heavy atom. The van der Waals surface area contributed by atoms with E-state index in [1.807, 2.05) is 4.90 Å². The molecule has 1 saturated heterocycles. The molecule has 2 aromatic rings.